The zero-order valence-corrected chi connectivity index (χ0v) is 12.3. The molecule has 20 heavy (non-hydrogen) atoms. The van der Waals surface area contributed by atoms with Gasteiger partial charge in [0.15, 0.2) is 5.58 Å². The van der Waals surface area contributed by atoms with Gasteiger partial charge in [0.25, 0.3) is 5.91 Å². The molecule has 2 aromatic carbocycles. The number of nitrogens with zero attached hydrogens (tertiary/aromatic N) is 1. The maximum absolute atomic E-state index is 12.4. The van der Waals surface area contributed by atoms with E-state index in [1.165, 1.54) is 0 Å². The molecule has 0 aliphatic heterocycles. The summed E-state index contributed by atoms with van der Waals surface area (Å²) in [5.41, 5.74) is 1.15. The molecule has 4 nitrogen and oxygen atoms in total. The second-order valence-corrected chi connectivity index (χ2v) is 5.48. The summed E-state index contributed by atoms with van der Waals surface area (Å²) in [5.74, 6) is -1.16. The van der Waals surface area contributed by atoms with Crippen LogP contribution in [0.15, 0.2) is 56.1 Å². The van der Waals surface area contributed by atoms with E-state index >= 15 is 0 Å². The van der Waals surface area contributed by atoms with E-state index in [1.807, 2.05) is 0 Å². The Morgan fingerprint density at radius 1 is 1.15 bits per heavy atom. The van der Waals surface area contributed by atoms with E-state index in [0.717, 1.165) is 9.04 Å². The molecule has 0 aliphatic carbocycles. The van der Waals surface area contributed by atoms with Crippen LogP contribution in [-0.4, -0.2) is 10.5 Å². The fourth-order valence-electron chi connectivity index (χ4n) is 1.91. The van der Waals surface area contributed by atoms with Gasteiger partial charge in [-0.1, -0.05) is 27.5 Å². The van der Waals surface area contributed by atoms with Gasteiger partial charge in [0, 0.05) is 15.1 Å². The zero-order valence-electron chi connectivity index (χ0n) is 9.97. The fraction of sp³-hybridized carbons (Fsp3) is 0. The van der Waals surface area contributed by atoms with Gasteiger partial charge >= 0.3 is 5.76 Å². The third kappa shape index (κ3) is 2.19. The van der Waals surface area contributed by atoms with Crippen molar-refractivity contribution in [2.24, 2.45) is 0 Å². The zero-order chi connectivity index (χ0) is 14.3. The van der Waals surface area contributed by atoms with Crippen molar-refractivity contribution in [3.8, 4) is 0 Å². The smallest absolute Gasteiger partial charge is 0.407 e. The predicted octanol–water partition coefficient (Wildman–Crippen LogP) is 3.70. The van der Waals surface area contributed by atoms with Crippen molar-refractivity contribution < 1.29 is 9.21 Å². The van der Waals surface area contributed by atoms with Crippen LogP contribution in [0.3, 0.4) is 0 Å². The largest absolute Gasteiger partial charge is 0.427 e. The minimum Gasteiger partial charge on any atom is -0.407 e. The lowest BCUT2D eigenvalue weighted by Crippen LogP contribution is -2.23. The SMILES string of the molecule is O=C(c1ccc(Cl)cc1)n1c(=O)oc2cc(Br)ccc21. The number of hydrogen-bond acceptors (Lipinski definition) is 3. The highest BCUT2D eigenvalue weighted by Gasteiger charge is 2.17. The molecule has 0 N–H and O–H groups in total. The minimum absolute atomic E-state index is 0.353. The Morgan fingerprint density at radius 3 is 2.55 bits per heavy atom. The number of carbonyl (C=O) groups excluding carboxylic acids is 1. The van der Waals surface area contributed by atoms with E-state index in [-0.39, 0.29) is 0 Å². The highest BCUT2D eigenvalue weighted by molar-refractivity contribution is 9.10. The van der Waals surface area contributed by atoms with Gasteiger partial charge in [-0.15, -0.1) is 0 Å². The van der Waals surface area contributed by atoms with Crippen molar-refractivity contribution in [3.05, 3.63) is 68.1 Å². The van der Waals surface area contributed by atoms with E-state index < -0.39 is 11.7 Å². The van der Waals surface area contributed by atoms with Crippen molar-refractivity contribution in [3.63, 3.8) is 0 Å². The number of oxazole rings is 1. The summed E-state index contributed by atoms with van der Waals surface area (Å²) < 4.78 is 6.85. The van der Waals surface area contributed by atoms with Gasteiger partial charge < -0.3 is 4.42 Å². The molecular formula is C14H7BrClNO3. The van der Waals surface area contributed by atoms with Crippen molar-refractivity contribution in [1.82, 2.24) is 4.57 Å². The van der Waals surface area contributed by atoms with Crippen LogP contribution in [0.4, 0.5) is 0 Å². The van der Waals surface area contributed by atoms with E-state index in [2.05, 4.69) is 15.9 Å². The van der Waals surface area contributed by atoms with Crippen molar-refractivity contribution in [2.45, 2.75) is 0 Å². The van der Waals surface area contributed by atoms with Crippen LogP contribution in [0.25, 0.3) is 11.1 Å². The van der Waals surface area contributed by atoms with Crippen LogP contribution in [0.5, 0.6) is 0 Å². The maximum Gasteiger partial charge on any atom is 0.427 e. The lowest BCUT2D eigenvalue weighted by atomic mass is 10.2. The Morgan fingerprint density at radius 2 is 1.85 bits per heavy atom. The molecule has 100 valence electrons. The summed E-state index contributed by atoms with van der Waals surface area (Å²) in [4.78, 5) is 24.3. The van der Waals surface area contributed by atoms with E-state index in [4.69, 9.17) is 16.0 Å². The van der Waals surface area contributed by atoms with Crippen LogP contribution >= 0.6 is 27.5 Å². The van der Waals surface area contributed by atoms with Crippen molar-refractivity contribution in [1.29, 1.82) is 0 Å². The number of hydrogen-bond donors (Lipinski definition) is 0. The molecule has 0 unspecified atom stereocenters. The first-order valence-corrected chi connectivity index (χ1v) is 6.85. The van der Waals surface area contributed by atoms with Gasteiger partial charge in [-0.3, -0.25) is 4.79 Å². The molecule has 0 fully saturated rings. The molecule has 0 bridgehead atoms. The van der Waals surface area contributed by atoms with Gasteiger partial charge in [0.05, 0.1) is 5.52 Å². The van der Waals surface area contributed by atoms with Crippen LogP contribution in [0.2, 0.25) is 5.02 Å². The Bertz CT molecular complexity index is 864. The fourth-order valence-corrected chi connectivity index (χ4v) is 2.37. The molecule has 1 heterocycles. The first-order chi connectivity index (χ1) is 9.56. The average molecular weight is 353 g/mol. The summed E-state index contributed by atoms with van der Waals surface area (Å²) in [6.07, 6.45) is 0. The topological polar surface area (TPSA) is 52.2 Å². The second kappa shape index (κ2) is 4.92. The van der Waals surface area contributed by atoms with Crippen LogP contribution in [0, 0.1) is 0 Å². The summed E-state index contributed by atoms with van der Waals surface area (Å²) >= 11 is 9.07. The molecule has 6 heteroatoms. The number of carbonyl (C=O) groups is 1. The molecule has 0 radical (unpaired) electrons. The van der Waals surface area contributed by atoms with Gasteiger partial charge in [0.1, 0.15) is 0 Å². The molecule has 3 rings (SSSR count). The van der Waals surface area contributed by atoms with E-state index in [0.29, 0.717) is 21.7 Å². The highest BCUT2D eigenvalue weighted by Crippen LogP contribution is 2.20. The van der Waals surface area contributed by atoms with Crippen LogP contribution < -0.4 is 5.76 Å². The molecule has 3 aromatic rings. The van der Waals surface area contributed by atoms with Gasteiger partial charge in [-0.25, -0.2) is 9.36 Å². The number of rotatable bonds is 1. The van der Waals surface area contributed by atoms with Gasteiger partial charge in [-0.05, 0) is 42.5 Å². The molecule has 0 atom stereocenters. The lowest BCUT2D eigenvalue weighted by Gasteiger charge is -2.01. The predicted molar refractivity (Wildman–Crippen MR) is 79.4 cm³/mol. The normalized spacial score (nSPS) is 10.9. The Balaban J connectivity index is 2.19. The van der Waals surface area contributed by atoms with Crippen LogP contribution in [0.1, 0.15) is 10.4 Å². The summed E-state index contributed by atoms with van der Waals surface area (Å²) in [6, 6.07) is 11.4. The first kappa shape index (κ1) is 13.1. The number of fused-ring (bicyclic) bond motifs is 1. The Hall–Kier alpha value is -1.85. The third-order valence-corrected chi connectivity index (χ3v) is 3.58. The van der Waals surface area contributed by atoms with E-state index in [1.54, 1.807) is 42.5 Å². The van der Waals surface area contributed by atoms with Gasteiger partial charge in [0.2, 0.25) is 0 Å². The van der Waals surface area contributed by atoms with Crippen molar-refractivity contribution >= 4 is 44.5 Å². The molecule has 0 saturated heterocycles. The summed E-state index contributed by atoms with van der Waals surface area (Å²) in [7, 11) is 0. The molecule has 1 aromatic heterocycles. The molecular weight excluding hydrogens is 346 g/mol. The monoisotopic (exact) mass is 351 g/mol. The highest BCUT2D eigenvalue weighted by atomic mass is 79.9. The molecule has 0 spiro atoms. The van der Waals surface area contributed by atoms with Crippen molar-refractivity contribution in [2.75, 3.05) is 0 Å². The molecule has 0 saturated carbocycles. The van der Waals surface area contributed by atoms with Crippen LogP contribution in [-0.2, 0) is 0 Å². The standard InChI is InChI=1S/C14H7BrClNO3/c15-9-3-6-11-12(7-9)20-14(19)17(11)13(18)8-1-4-10(16)5-2-8/h1-7H. The first-order valence-electron chi connectivity index (χ1n) is 5.67. The maximum atomic E-state index is 12.4. The second-order valence-electron chi connectivity index (χ2n) is 4.13. The summed E-state index contributed by atoms with van der Waals surface area (Å²) in [6.45, 7) is 0. The van der Waals surface area contributed by atoms with E-state index in [9.17, 15) is 9.59 Å². The Labute approximate surface area is 126 Å². The van der Waals surface area contributed by atoms with Gasteiger partial charge in [-0.2, -0.15) is 0 Å². The number of benzene rings is 2. The minimum atomic E-state index is -0.710. The third-order valence-electron chi connectivity index (χ3n) is 2.84. The summed E-state index contributed by atoms with van der Waals surface area (Å²) in [5, 5.41) is 0.523. The Kier molecular flexibility index (Phi) is 3.23. The average Bonchev–Trinajstić information content (AvgIpc) is 2.73. The lowest BCUT2D eigenvalue weighted by molar-refractivity contribution is 0.0956. The quantitative estimate of drug-likeness (QED) is 0.671. The molecule has 0 amide bonds. The molecule has 0 aliphatic rings. The number of aromatic nitrogens is 1. The number of halogens is 2.